The van der Waals surface area contributed by atoms with Crippen LogP contribution in [0.1, 0.15) is 12.8 Å². The number of aromatic amines is 1. The second kappa shape index (κ2) is 5.94. The van der Waals surface area contributed by atoms with Crippen LogP contribution >= 0.6 is 0 Å². The maximum Gasteiger partial charge on any atom is 0.328 e. The third kappa shape index (κ3) is 3.79. The first-order valence-corrected chi connectivity index (χ1v) is 6.76. The number of nitrogens with one attached hydrogen (secondary N) is 1. The zero-order chi connectivity index (χ0) is 13.8. The Morgan fingerprint density at radius 2 is 2.06 bits per heavy atom. The van der Waals surface area contributed by atoms with Crippen molar-refractivity contribution in [1.29, 1.82) is 0 Å². The average molecular weight is 277 g/mol. The molecule has 1 aromatic heterocycles. The molecule has 102 valence electrons. The van der Waals surface area contributed by atoms with Crippen LogP contribution in [0.5, 0.6) is 0 Å². The molecule has 0 fully saturated rings. The van der Waals surface area contributed by atoms with Crippen LogP contribution < -0.4 is 16.4 Å². The summed E-state index contributed by atoms with van der Waals surface area (Å²) in [6.07, 6.45) is 2.29. The Morgan fingerprint density at radius 1 is 1.39 bits per heavy atom. The third-order valence-corrected chi connectivity index (χ3v) is 3.19. The van der Waals surface area contributed by atoms with Crippen LogP contribution in [0.3, 0.4) is 0 Å². The molecule has 0 aliphatic carbocycles. The molecule has 0 aliphatic heterocycles. The molecule has 0 saturated carbocycles. The van der Waals surface area contributed by atoms with Gasteiger partial charge in [-0.3, -0.25) is 14.3 Å². The highest BCUT2D eigenvalue weighted by molar-refractivity contribution is 7.89. The van der Waals surface area contributed by atoms with E-state index in [4.69, 9.17) is 9.88 Å². The Bertz CT molecular complexity index is 616. The van der Waals surface area contributed by atoms with E-state index in [0.717, 1.165) is 10.8 Å². The first kappa shape index (κ1) is 14.6. The van der Waals surface area contributed by atoms with Crippen molar-refractivity contribution in [3.8, 4) is 0 Å². The van der Waals surface area contributed by atoms with E-state index in [2.05, 4.69) is 0 Å². The fraction of sp³-hybridized carbons (Fsp3) is 0.556. The van der Waals surface area contributed by atoms with E-state index in [1.54, 1.807) is 7.11 Å². The number of aromatic nitrogens is 2. The van der Waals surface area contributed by atoms with Gasteiger partial charge in [0.25, 0.3) is 5.56 Å². The Balaban J connectivity index is 3.00. The summed E-state index contributed by atoms with van der Waals surface area (Å²) in [4.78, 5) is 24.0. The molecule has 9 heteroatoms. The van der Waals surface area contributed by atoms with Gasteiger partial charge < -0.3 is 4.74 Å². The lowest BCUT2D eigenvalue weighted by molar-refractivity contribution is 0.191. The molecular formula is C9H15N3O5S. The maximum atomic E-state index is 11.4. The molecule has 18 heavy (non-hydrogen) atoms. The SMILES string of the molecule is COCCCCn1cc(S(N)(=O)=O)c(=O)[nH]c1=O. The van der Waals surface area contributed by atoms with Gasteiger partial charge in [-0.1, -0.05) is 0 Å². The van der Waals surface area contributed by atoms with Crippen LogP contribution in [-0.4, -0.2) is 31.7 Å². The van der Waals surface area contributed by atoms with Crippen molar-refractivity contribution in [1.82, 2.24) is 9.55 Å². The lowest BCUT2D eigenvalue weighted by Crippen LogP contribution is -2.34. The van der Waals surface area contributed by atoms with Gasteiger partial charge in [-0.2, -0.15) is 0 Å². The smallest absolute Gasteiger partial charge is 0.328 e. The molecule has 0 spiro atoms. The van der Waals surface area contributed by atoms with Crippen molar-refractivity contribution >= 4 is 10.0 Å². The number of aryl methyl sites for hydroxylation is 1. The van der Waals surface area contributed by atoms with Crippen molar-refractivity contribution in [3.63, 3.8) is 0 Å². The monoisotopic (exact) mass is 277 g/mol. The van der Waals surface area contributed by atoms with Crippen molar-refractivity contribution in [2.75, 3.05) is 13.7 Å². The summed E-state index contributed by atoms with van der Waals surface area (Å²) in [5, 5.41) is 4.87. The molecule has 0 radical (unpaired) electrons. The number of rotatable bonds is 6. The molecular weight excluding hydrogens is 262 g/mol. The van der Waals surface area contributed by atoms with Gasteiger partial charge in [-0.15, -0.1) is 0 Å². The number of ether oxygens (including phenoxy) is 1. The molecule has 3 N–H and O–H groups in total. The molecule has 0 saturated heterocycles. The molecule has 1 rings (SSSR count). The van der Waals surface area contributed by atoms with Gasteiger partial charge in [-0.05, 0) is 12.8 Å². The minimum absolute atomic E-state index is 0.279. The van der Waals surface area contributed by atoms with E-state index in [-0.39, 0.29) is 6.54 Å². The number of unbranched alkanes of at least 4 members (excludes halogenated alkanes) is 1. The molecule has 8 nitrogen and oxygen atoms in total. The van der Waals surface area contributed by atoms with E-state index in [1.807, 2.05) is 4.98 Å². The highest BCUT2D eigenvalue weighted by Crippen LogP contribution is 1.98. The normalized spacial score (nSPS) is 11.7. The van der Waals surface area contributed by atoms with E-state index < -0.39 is 26.2 Å². The summed E-state index contributed by atoms with van der Waals surface area (Å²) in [5.74, 6) is 0. The van der Waals surface area contributed by atoms with Crippen LogP contribution in [0.2, 0.25) is 0 Å². The van der Waals surface area contributed by atoms with Gasteiger partial charge in [-0.25, -0.2) is 18.4 Å². The van der Waals surface area contributed by atoms with E-state index in [0.29, 0.717) is 19.4 Å². The minimum atomic E-state index is -4.14. The largest absolute Gasteiger partial charge is 0.385 e. The zero-order valence-electron chi connectivity index (χ0n) is 9.88. The van der Waals surface area contributed by atoms with E-state index >= 15 is 0 Å². The lowest BCUT2D eigenvalue weighted by atomic mass is 10.3. The molecule has 1 heterocycles. The fourth-order valence-electron chi connectivity index (χ4n) is 1.39. The number of H-pyrrole nitrogens is 1. The van der Waals surface area contributed by atoms with Crippen LogP contribution in [0, 0.1) is 0 Å². The average Bonchev–Trinajstić information content (AvgIpc) is 2.25. The molecule has 0 unspecified atom stereocenters. The molecule has 0 atom stereocenters. The highest BCUT2D eigenvalue weighted by Gasteiger charge is 2.15. The van der Waals surface area contributed by atoms with Crippen LogP contribution in [0.25, 0.3) is 0 Å². The highest BCUT2D eigenvalue weighted by atomic mass is 32.2. The van der Waals surface area contributed by atoms with Crippen molar-refractivity contribution in [2.45, 2.75) is 24.3 Å². The predicted octanol–water partition coefficient (Wildman–Crippen LogP) is -1.39. The molecule has 1 aromatic rings. The van der Waals surface area contributed by atoms with Gasteiger partial charge in [0.2, 0.25) is 10.0 Å². The molecule has 0 aromatic carbocycles. The first-order valence-electron chi connectivity index (χ1n) is 5.22. The standard InChI is InChI=1S/C9H15N3O5S/c1-17-5-3-2-4-12-6-7(18(10,15)16)8(13)11-9(12)14/h6H,2-5H2,1H3,(H2,10,15,16)(H,11,13,14). The summed E-state index contributed by atoms with van der Waals surface area (Å²) in [6.45, 7) is 0.821. The van der Waals surface area contributed by atoms with Gasteiger partial charge in [0.15, 0.2) is 4.90 Å². The molecule has 0 bridgehead atoms. The summed E-state index contributed by atoms with van der Waals surface area (Å²) >= 11 is 0. The number of sulfonamides is 1. The third-order valence-electron chi connectivity index (χ3n) is 2.28. The fourth-order valence-corrected chi connectivity index (χ4v) is 1.97. The molecule has 0 aliphatic rings. The van der Waals surface area contributed by atoms with Gasteiger partial charge in [0.05, 0.1) is 0 Å². The number of primary sulfonamides is 1. The number of hydrogen-bond donors (Lipinski definition) is 2. The Hall–Kier alpha value is -1.45. The Morgan fingerprint density at radius 3 is 2.61 bits per heavy atom. The first-order chi connectivity index (χ1) is 8.36. The lowest BCUT2D eigenvalue weighted by Gasteiger charge is -2.06. The Kier molecular flexibility index (Phi) is 4.82. The number of methoxy groups -OCH3 is 1. The van der Waals surface area contributed by atoms with E-state index in [9.17, 15) is 18.0 Å². The summed E-state index contributed by atoms with van der Waals surface area (Å²) < 4.78 is 28.2. The topological polar surface area (TPSA) is 124 Å². The second-order valence-electron chi connectivity index (χ2n) is 3.69. The minimum Gasteiger partial charge on any atom is -0.385 e. The van der Waals surface area contributed by atoms with Crippen molar-refractivity contribution in [3.05, 3.63) is 27.0 Å². The van der Waals surface area contributed by atoms with Crippen LogP contribution in [0.15, 0.2) is 20.7 Å². The molecule has 0 amide bonds. The number of nitrogens with zero attached hydrogens (tertiary/aromatic N) is 1. The van der Waals surface area contributed by atoms with Crippen LogP contribution in [0.4, 0.5) is 0 Å². The number of hydrogen-bond acceptors (Lipinski definition) is 5. The van der Waals surface area contributed by atoms with E-state index in [1.165, 1.54) is 0 Å². The van der Waals surface area contributed by atoms with Crippen molar-refractivity contribution < 1.29 is 13.2 Å². The van der Waals surface area contributed by atoms with Gasteiger partial charge in [0.1, 0.15) is 0 Å². The quantitative estimate of drug-likeness (QED) is 0.619. The summed E-state index contributed by atoms with van der Waals surface area (Å²) in [5.41, 5.74) is -1.67. The van der Waals surface area contributed by atoms with Gasteiger partial charge in [0, 0.05) is 26.5 Å². The van der Waals surface area contributed by atoms with Crippen molar-refractivity contribution in [2.24, 2.45) is 5.14 Å². The van der Waals surface area contributed by atoms with Crippen LogP contribution in [-0.2, 0) is 21.3 Å². The maximum absolute atomic E-state index is 11.4. The number of nitrogens with two attached hydrogens (primary N) is 1. The van der Waals surface area contributed by atoms with Gasteiger partial charge >= 0.3 is 5.69 Å². The zero-order valence-corrected chi connectivity index (χ0v) is 10.7. The second-order valence-corrected chi connectivity index (χ2v) is 5.22. The Labute approximate surface area is 103 Å². The summed E-state index contributed by atoms with van der Waals surface area (Å²) in [6, 6.07) is 0. The predicted molar refractivity (Wildman–Crippen MR) is 63.8 cm³/mol. The summed E-state index contributed by atoms with van der Waals surface area (Å²) in [7, 11) is -2.58.